The Morgan fingerprint density at radius 1 is 1.20 bits per heavy atom. The molecule has 0 saturated heterocycles. The highest BCUT2D eigenvalue weighted by molar-refractivity contribution is 6.19. The summed E-state index contributed by atoms with van der Waals surface area (Å²) < 4.78 is 5.28. The Morgan fingerprint density at radius 3 is 2.77 bits per heavy atom. The number of hydrogen-bond acceptors (Lipinski definition) is 3. The third-order valence-electron chi connectivity index (χ3n) is 5.85. The first kappa shape index (κ1) is 19.0. The molecule has 0 bridgehead atoms. The number of benzene rings is 3. The third kappa shape index (κ3) is 2.85. The number of hydrogen-bond donors (Lipinski definition) is 2. The summed E-state index contributed by atoms with van der Waals surface area (Å²) in [5.74, 6) is 0.426. The molecule has 5 rings (SSSR count). The lowest BCUT2D eigenvalue weighted by Crippen LogP contribution is -2.30. The van der Waals surface area contributed by atoms with E-state index in [-0.39, 0.29) is 17.6 Å². The van der Waals surface area contributed by atoms with Crippen molar-refractivity contribution >= 4 is 44.9 Å². The van der Waals surface area contributed by atoms with Crippen molar-refractivity contribution in [3.05, 3.63) is 71.4 Å². The highest BCUT2D eigenvalue weighted by Crippen LogP contribution is 2.45. The van der Waals surface area contributed by atoms with Crippen LogP contribution in [0, 0.1) is 0 Å². The number of halogens is 1. The fraction of sp³-hybridized carbons (Fsp3) is 0.208. The van der Waals surface area contributed by atoms with Crippen LogP contribution in [0.3, 0.4) is 0 Å². The molecule has 2 heterocycles. The molecule has 1 aliphatic heterocycles. The molecule has 0 unspecified atom stereocenters. The predicted molar refractivity (Wildman–Crippen MR) is 120 cm³/mol. The highest BCUT2D eigenvalue weighted by Gasteiger charge is 2.35. The smallest absolute Gasteiger partial charge is 0.274 e. The van der Waals surface area contributed by atoms with Crippen molar-refractivity contribution in [3.8, 4) is 5.75 Å². The Balaban J connectivity index is 1.62. The predicted octanol–water partition coefficient (Wildman–Crippen LogP) is 5.16. The Kier molecular flexibility index (Phi) is 4.65. The summed E-state index contributed by atoms with van der Waals surface area (Å²) in [7, 11) is 1.65. The minimum absolute atomic E-state index is 0.00421. The number of para-hydroxylation sites is 1. The Bertz CT molecular complexity index is 1280. The molecular weight excluding hydrogens is 400 g/mol. The van der Waals surface area contributed by atoms with Crippen LogP contribution < -0.4 is 4.90 Å². The minimum Gasteiger partial charge on any atom is -0.507 e. The number of rotatable bonds is 4. The maximum atomic E-state index is 13.5. The van der Waals surface area contributed by atoms with Gasteiger partial charge in [-0.15, -0.1) is 11.6 Å². The van der Waals surface area contributed by atoms with Crippen molar-refractivity contribution in [2.24, 2.45) is 0 Å². The third-order valence-corrected chi connectivity index (χ3v) is 6.22. The van der Waals surface area contributed by atoms with Crippen LogP contribution in [0.25, 0.3) is 21.7 Å². The van der Waals surface area contributed by atoms with Crippen molar-refractivity contribution < 1.29 is 14.6 Å². The van der Waals surface area contributed by atoms with Crippen LogP contribution in [0.15, 0.2) is 54.6 Å². The number of nitrogens with zero attached hydrogens (tertiary/aromatic N) is 1. The molecule has 0 aliphatic carbocycles. The Hall–Kier alpha value is -3.02. The minimum atomic E-state index is -0.141. The normalized spacial score (nSPS) is 15.8. The number of phenols is 1. The van der Waals surface area contributed by atoms with E-state index in [1.807, 2.05) is 48.5 Å². The number of methoxy groups -OCH3 is 1. The van der Waals surface area contributed by atoms with Crippen molar-refractivity contribution in [2.75, 3.05) is 24.4 Å². The van der Waals surface area contributed by atoms with Crippen molar-refractivity contribution in [1.29, 1.82) is 0 Å². The second-order valence-electron chi connectivity index (χ2n) is 7.64. The van der Waals surface area contributed by atoms with Gasteiger partial charge in [0.15, 0.2) is 0 Å². The lowest BCUT2D eigenvalue weighted by Gasteiger charge is -2.17. The lowest BCUT2D eigenvalue weighted by molar-refractivity contribution is 0.0984. The Labute approximate surface area is 178 Å². The average Bonchev–Trinajstić information content (AvgIpc) is 3.36. The van der Waals surface area contributed by atoms with Gasteiger partial charge in [0.05, 0.1) is 17.8 Å². The summed E-state index contributed by atoms with van der Waals surface area (Å²) in [6.07, 6.45) is 0. The second-order valence-corrected chi connectivity index (χ2v) is 7.95. The first-order valence-corrected chi connectivity index (χ1v) is 10.4. The van der Waals surface area contributed by atoms with Gasteiger partial charge in [-0.2, -0.15) is 0 Å². The number of carbonyl (C=O) groups excluding carboxylic acids is 1. The van der Waals surface area contributed by atoms with Gasteiger partial charge in [0, 0.05) is 47.9 Å². The number of aromatic amines is 1. The zero-order chi connectivity index (χ0) is 20.8. The first-order chi connectivity index (χ1) is 14.6. The van der Waals surface area contributed by atoms with Crippen molar-refractivity contribution in [3.63, 3.8) is 0 Å². The molecule has 0 spiro atoms. The van der Waals surface area contributed by atoms with Gasteiger partial charge < -0.3 is 19.7 Å². The van der Waals surface area contributed by atoms with Gasteiger partial charge in [-0.25, -0.2) is 0 Å². The van der Waals surface area contributed by atoms with E-state index in [0.717, 1.165) is 38.5 Å². The monoisotopic (exact) mass is 420 g/mol. The lowest BCUT2D eigenvalue weighted by atomic mass is 9.95. The molecule has 6 heteroatoms. The molecule has 2 N–H and O–H groups in total. The summed E-state index contributed by atoms with van der Waals surface area (Å²) >= 11 is 6.29. The molecule has 4 aromatic rings. The SMILES string of the molecule is COCc1cccc2cc(C(=O)N3C[C@@H](CCl)c4c3cc(O)c3ccccc43)[nH]c12. The highest BCUT2D eigenvalue weighted by atomic mass is 35.5. The fourth-order valence-corrected chi connectivity index (χ4v) is 4.75. The summed E-state index contributed by atoms with van der Waals surface area (Å²) in [6.45, 7) is 0.942. The standard InChI is InChI=1S/C24H21ClN2O3/c1-30-13-15-6-4-5-14-9-19(26-23(14)15)24(29)27-12-16(11-25)22-18-8-3-2-7-17(18)21(28)10-20(22)27/h2-10,16,26,28H,11-13H2,1H3/t16-/m1/s1. The van der Waals surface area contributed by atoms with E-state index in [0.29, 0.717) is 24.7 Å². The summed E-state index contributed by atoms with van der Waals surface area (Å²) in [6, 6.07) is 17.1. The molecule has 30 heavy (non-hydrogen) atoms. The van der Waals surface area contributed by atoms with Crippen LogP contribution >= 0.6 is 11.6 Å². The zero-order valence-corrected chi connectivity index (χ0v) is 17.2. The number of H-pyrrole nitrogens is 1. The molecule has 1 atom stereocenters. The number of nitrogens with one attached hydrogen (secondary N) is 1. The van der Waals surface area contributed by atoms with Crippen molar-refractivity contribution in [2.45, 2.75) is 12.5 Å². The number of alkyl halides is 1. The molecule has 0 radical (unpaired) electrons. The van der Waals surface area contributed by atoms with E-state index < -0.39 is 0 Å². The molecule has 0 fully saturated rings. The van der Waals surface area contributed by atoms with E-state index in [1.165, 1.54) is 0 Å². The Morgan fingerprint density at radius 2 is 2.00 bits per heavy atom. The van der Waals surface area contributed by atoms with Crippen LogP contribution in [0.4, 0.5) is 5.69 Å². The average molecular weight is 421 g/mol. The summed E-state index contributed by atoms with van der Waals surface area (Å²) in [5, 5.41) is 13.3. The zero-order valence-electron chi connectivity index (χ0n) is 16.5. The van der Waals surface area contributed by atoms with Crippen LogP contribution in [0.5, 0.6) is 5.75 Å². The van der Waals surface area contributed by atoms with Crippen LogP contribution in [-0.4, -0.2) is 35.5 Å². The van der Waals surface area contributed by atoms with Crippen molar-refractivity contribution in [1.82, 2.24) is 4.98 Å². The fourth-order valence-electron chi connectivity index (χ4n) is 4.50. The number of amides is 1. The van der Waals surface area contributed by atoms with E-state index >= 15 is 0 Å². The van der Waals surface area contributed by atoms with Crippen LogP contribution in [-0.2, 0) is 11.3 Å². The van der Waals surface area contributed by atoms with Gasteiger partial charge in [-0.05, 0) is 17.0 Å². The number of aromatic nitrogens is 1. The van der Waals surface area contributed by atoms with E-state index in [1.54, 1.807) is 18.1 Å². The van der Waals surface area contributed by atoms with E-state index in [4.69, 9.17) is 16.3 Å². The molecule has 5 nitrogen and oxygen atoms in total. The van der Waals surface area contributed by atoms with Crippen LogP contribution in [0.1, 0.15) is 27.5 Å². The number of phenolic OH excluding ortho intramolecular Hbond substituents is 1. The maximum absolute atomic E-state index is 13.5. The molecule has 152 valence electrons. The molecule has 3 aromatic carbocycles. The number of carbonyl (C=O) groups is 1. The van der Waals surface area contributed by atoms with Gasteiger partial charge in [0.25, 0.3) is 5.91 Å². The molecule has 1 aliphatic rings. The molecule has 1 amide bonds. The van der Waals surface area contributed by atoms with Gasteiger partial charge in [0.1, 0.15) is 11.4 Å². The molecule has 1 aromatic heterocycles. The van der Waals surface area contributed by atoms with E-state index in [9.17, 15) is 9.90 Å². The van der Waals surface area contributed by atoms with Crippen LogP contribution in [0.2, 0.25) is 0 Å². The summed E-state index contributed by atoms with van der Waals surface area (Å²) in [4.78, 5) is 18.5. The summed E-state index contributed by atoms with van der Waals surface area (Å²) in [5.41, 5.74) is 4.14. The number of anilines is 1. The quantitative estimate of drug-likeness (QED) is 0.448. The van der Waals surface area contributed by atoms with Gasteiger partial charge in [-0.3, -0.25) is 4.79 Å². The van der Waals surface area contributed by atoms with E-state index in [2.05, 4.69) is 4.98 Å². The second kappa shape index (κ2) is 7.35. The number of aromatic hydroxyl groups is 1. The number of fused-ring (bicyclic) bond motifs is 4. The maximum Gasteiger partial charge on any atom is 0.274 e. The first-order valence-electron chi connectivity index (χ1n) is 9.84. The largest absolute Gasteiger partial charge is 0.507 e. The molecular formula is C24H21ClN2O3. The van der Waals surface area contributed by atoms with Gasteiger partial charge >= 0.3 is 0 Å². The number of ether oxygens (including phenoxy) is 1. The van der Waals surface area contributed by atoms with Gasteiger partial charge in [0.2, 0.25) is 0 Å². The van der Waals surface area contributed by atoms with Gasteiger partial charge in [-0.1, -0.05) is 42.5 Å². The molecule has 0 saturated carbocycles. The topological polar surface area (TPSA) is 65.6 Å².